The van der Waals surface area contributed by atoms with Crippen LogP contribution in [0, 0.1) is 6.92 Å². The van der Waals surface area contributed by atoms with Crippen LogP contribution in [-0.2, 0) is 0 Å². The molecule has 6 heteroatoms. The van der Waals surface area contributed by atoms with Gasteiger partial charge in [0, 0.05) is 29.5 Å². The Balaban J connectivity index is 1.50. The Kier molecular flexibility index (Phi) is 4.43. The highest BCUT2D eigenvalue weighted by atomic mass is 16.4. The van der Waals surface area contributed by atoms with Crippen molar-refractivity contribution in [3.05, 3.63) is 64.5 Å². The molecule has 0 atom stereocenters. The maximum atomic E-state index is 12.7. The molecule has 1 aliphatic heterocycles. The van der Waals surface area contributed by atoms with Crippen molar-refractivity contribution in [1.29, 1.82) is 0 Å². The molecule has 4 aromatic rings. The van der Waals surface area contributed by atoms with Crippen LogP contribution in [0.5, 0.6) is 0 Å². The van der Waals surface area contributed by atoms with Crippen molar-refractivity contribution in [1.82, 2.24) is 19.3 Å². The van der Waals surface area contributed by atoms with Gasteiger partial charge in [0.15, 0.2) is 0 Å². The van der Waals surface area contributed by atoms with Crippen LogP contribution in [0.15, 0.2) is 52.1 Å². The number of benzene rings is 1. The van der Waals surface area contributed by atoms with Crippen LogP contribution < -0.4 is 5.63 Å². The van der Waals surface area contributed by atoms with Crippen molar-refractivity contribution in [2.75, 3.05) is 19.6 Å². The number of fused-ring (bicyclic) bond motifs is 2. The van der Waals surface area contributed by atoms with E-state index in [1.807, 2.05) is 35.9 Å². The molecule has 0 N–H and O–H groups in total. The highest BCUT2D eigenvalue weighted by Gasteiger charge is 2.20. The van der Waals surface area contributed by atoms with Crippen LogP contribution in [0.25, 0.3) is 27.9 Å². The molecule has 148 valence electrons. The molecule has 0 amide bonds. The van der Waals surface area contributed by atoms with E-state index in [9.17, 15) is 4.79 Å². The summed E-state index contributed by atoms with van der Waals surface area (Å²) in [5, 5.41) is 0.927. The second kappa shape index (κ2) is 7.12. The number of rotatable bonds is 3. The van der Waals surface area contributed by atoms with Crippen molar-refractivity contribution >= 4 is 16.7 Å². The van der Waals surface area contributed by atoms with Gasteiger partial charge in [0.25, 0.3) is 0 Å². The van der Waals surface area contributed by atoms with Crippen molar-refractivity contribution in [2.45, 2.75) is 32.6 Å². The summed E-state index contributed by atoms with van der Waals surface area (Å²) in [5.74, 6) is 1.15. The quantitative estimate of drug-likeness (QED) is 0.496. The average Bonchev–Trinajstić information content (AvgIpc) is 3.12. The number of hydrogen-bond donors (Lipinski definition) is 0. The fourth-order valence-corrected chi connectivity index (χ4v) is 4.31. The molecule has 1 aromatic carbocycles. The topological polar surface area (TPSA) is 63.6 Å². The van der Waals surface area contributed by atoms with Gasteiger partial charge in [0.1, 0.15) is 5.58 Å². The summed E-state index contributed by atoms with van der Waals surface area (Å²) in [4.78, 5) is 23.9. The standard InChI is InChI=1S/C23H24N4O2/c1-3-26-8-6-16(7-9-26)17-4-5-18-10-20(22(28)29-21(18)11-17)19-12-24-23-25-15(2)13-27(23)14-19/h4-5,10-14,16H,3,6-9H2,1-2H3. The highest BCUT2D eigenvalue weighted by molar-refractivity contribution is 5.82. The van der Waals surface area contributed by atoms with E-state index in [2.05, 4.69) is 33.9 Å². The molecule has 29 heavy (non-hydrogen) atoms. The first-order chi connectivity index (χ1) is 14.1. The van der Waals surface area contributed by atoms with Gasteiger partial charge in [-0.3, -0.25) is 4.40 Å². The Bertz CT molecular complexity index is 1250. The maximum absolute atomic E-state index is 12.7. The van der Waals surface area contributed by atoms with Gasteiger partial charge in [0.2, 0.25) is 5.78 Å². The summed E-state index contributed by atoms with van der Waals surface area (Å²) < 4.78 is 7.55. The number of piperidine rings is 1. The third-order valence-electron chi connectivity index (χ3n) is 6.01. The number of likely N-dealkylation sites (tertiary alicyclic amines) is 1. The van der Waals surface area contributed by atoms with E-state index in [1.165, 1.54) is 5.56 Å². The Morgan fingerprint density at radius 2 is 2.00 bits per heavy atom. The molecule has 1 saturated heterocycles. The van der Waals surface area contributed by atoms with E-state index in [4.69, 9.17) is 4.42 Å². The molecule has 1 fully saturated rings. The molecule has 3 aromatic heterocycles. The fraction of sp³-hybridized carbons (Fsp3) is 0.348. The fourth-order valence-electron chi connectivity index (χ4n) is 4.31. The minimum atomic E-state index is -0.339. The number of nitrogens with zero attached hydrogens (tertiary/aromatic N) is 4. The van der Waals surface area contributed by atoms with Crippen molar-refractivity contribution in [3.63, 3.8) is 0 Å². The molecule has 1 aliphatic rings. The first kappa shape index (κ1) is 18.1. The maximum Gasteiger partial charge on any atom is 0.344 e. The largest absolute Gasteiger partial charge is 0.422 e. The summed E-state index contributed by atoms with van der Waals surface area (Å²) in [6.45, 7) is 7.50. The van der Waals surface area contributed by atoms with Crippen LogP contribution >= 0.6 is 0 Å². The van der Waals surface area contributed by atoms with Crippen molar-refractivity contribution in [3.8, 4) is 11.1 Å². The zero-order valence-corrected chi connectivity index (χ0v) is 16.8. The van der Waals surface area contributed by atoms with Crippen LogP contribution in [0.4, 0.5) is 0 Å². The zero-order valence-electron chi connectivity index (χ0n) is 16.8. The third-order valence-corrected chi connectivity index (χ3v) is 6.01. The van der Waals surface area contributed by atoms with E-state index < -0.39 is 0 Å². The van der Waals surface area contributed by atoms with Crippen molar-refractivity contribution < 1.29 is 4.42 Å². The van der Waals surface area contributed by atoms with Gasteiger partial charge < -0.3 is 9.32 Å². The predicted octanol–water partition coefficient (Wildman–Crippen LogP) is 4.01. The molecule has 0 radical (unpaired) electrons. The third kappa shape index (κ3) is 3.34. The van der Waals surface area contributed by atoms with Crippen LogP contribution in [-0.4, -0.2) is 38.9 Å². The van der Waals surface area contributed by atoms with E-state index in [-0.39, 0.29) is 5.63 Å². The lowest BCUT2D eigenvalue weighted by Crippen LogP contribution is -2.32. The van der Waals surface area contributed by atoms with Crippen LogP contribution in [0.1, 0.15) is 36.9 Å². The molecule has 0 aliphatic carbocycles. The van der Waals surface area contributed by atoms with E-state index >= 15 is 0 Å². The smallest absolute Gasteiger partial charge is 0.344 e. The zero-order chi connectivity index (χ0) is 20.0. The molecular formula is C23H24N4O2. The number of hydrogen-bond acceptors (Lipinski definition) is 5. The minimum Gasteiger partial charge on any atom is -0.422 e. The Hall–Kier alpha value is -2.99. The number of aromatic nitrogens is 3. The minimum absolute atomic E-state index is 0.339. The molecule has 5 rings (SSSR count). The predicted molar refractivity (Wildman–Crippen MR) is 113 cm³/mol. The average molecular weight is 388 g/mol. The lowest BCUT2D eigenvalue weighted by molar-refractivity contribution is 0.222. The summed E-state index contributed by atoms with van der Waals surface area (Å²) in [7, 11) is 0. The summed E-state index contributed by atoms with van der Waals surface area (Å²) in [6, 6.07) is 8.19. The number of aryl methyl sites for hydroxylation is 1. The lowest BCUT2D eigenvalue weighted by atomic mass is 9.89. The second-order valence-corrected chi connectivity index (χ2v) is 7.89. The summed E-state index contributed by atoms with van der Waals surface area (Å²) >= 11 is 0. The molecule has 0 spiro atoms. The molecule has 0 bridgehead atoms. The Labute approximate surface area is 168 Å². The van der Waals surface area contributed by atoms with E-state index in [0.717, 1.165) is 49.1 Å². The molecule has 4 heterocycles. The van der Waals surface area contributed by atoms with Crippen molar-refractivity contribution in [2.24, 2.45) is 0 Å². The Morgan fingerprint density at radius 1 is 1.17 bits per heavy atom. The van der Waals surface area contributed by atoms with Crippen LogP contribution in [0.2, 0.25) is 0 Å². The van der Waals surface area contributed by atoms with Gasteiger partial charge in [-0.2, -0.15) is 0 Å². The molecule has 6 nitrogen and oxygen atoms in total. The molecule has 0 unspecified atom stereocenters. The highest BCUT2D eigenvalue weighted by Crippen LogP contribution is 2.30. The first-order valence-corrected chi connectivity index (χ1v) is 10.2. The van der Waals surface area contributed by atoms with E-state index in [1.54, 1.807) is 6.20 Å². The normalized spacial score (nSPS) is 16.1. The first-order valence-electron chi connectivity index (χ1n) is 10.2. The summed E-state index contributed by atoms with van der Waals surface area (Å²) in [6.07, 6.45) is 7.74. The van der Waals surface area contributed by atoms with E-state index in [0.29, 0.717) is 22.8 Å². The van der Waals surface area contributed by atoms with Gasteiger partial charge >= 0.3 is 5.63 Å². The van der Waals surface area contributed by atoms with Gasteiger partial charge in [-0.1, -0.05) is 19.1 Å². The lowest BCUT2D eigenvalue weighted by Gasteiger charge is -2.31. The molecule has 0 saturated carbocycles. The SMILES string of the molecule is CCN1CCC(c2ccc3cc(-c4cnc5nc(C)cn5c4)c(=O)oc3c2)CC1. The van der Waals surface area contributed by atoms with Crippen LogP contribution in [0.3, 0.4) is 0 Å². The van der Waals surface area contributed by atoms with Gasteiger partial charge in [0.05, 0.1) is 11.3 Å². The van der Waals surface area contributed by atoms with Gasteiger partial charge in [-0.05, 0) is 63.0 Å². The molecular weight excluding hydrogens is 364 g/mol. The monoisotopic (exact) mass is 388 g/mol. The summed E-state index contributed by atoms with van der Waals surface area (Å²) in [5.41, 5.74) is 3.71. The van der Waals surface area contributed by atoms with Gasteiger partial charge in [-0.25, -0.2) is 14.8 Å². The van der Waals surface area contributed by atoms with Gasteiger partial charge in [-0.15, -0.1) is 0 Å². The Morgan fingerprint density at radius 3 is 2.79 bits per heavy atom. The number of imidazole rings is 1. The second-order valence-electron chi connectivity index (χ2n) is 7.89.